The first-order chi connectivity index (χ1) is 7.64. The fourth-order valence-corrected chi connectivity index (χ4v) is 2.90. The molecule has 2 rings (SSSR count). The van der Waals surface area contributed by atoms with Crippen LogP contribution in [-0.2, 0) is 13.5 Å². The van der Waals surface area contributed by atoms with Gasteiger partial charge in [-0.15, -0.1) is 5.10 Å². The molecule has 2 atom stereocenters. The van der Waals surface area contributed by atoms with E-state index in [-0.39, 0.29) is 0 Å². The molecule has 0 spiro atoms. The molecule has 1 fully saturated rings. The number of hydrogen-bond acceptors (Lipinski definition) is 3. The lowest BCUT2D eigenvalue weighted by atomic mass is 9.72. The van der Waals surface area contributed by atoms with E-state index in [9.17, 15) is 5.11 Å². The van der Waals surface area contributed by atoms with E-state index >= 15 is 0 Å². The average molecular weight is 223 g/mol. The van der Waals surface area contributed by atoms with Gasteiger partial charge in [0.1, 0.15) is 0 Å². The van der Waals surface area contributed by atoms with E-state index in [2.05, 4.69) is 17.2 Å². The number of aliphatic hydroxyl groups is 1. The molecule has 16 heavy (non-hydrogen) atoms. The standard InChI is InChI=1S/C12H21N3O/c1-3-10-6-4-5-7-12(10,16)8-11-9-15(2)14-13-11/h9-10,16H,3-8H2,1-2H3. The third-order valence-electron chi connectivity index (χ3n) is 3.80. The van der Waals surface area contributed by atoms with Gasteiger partial charge in [0, 0.05) is 19.7 Å². The van der Waals surface area contributed by atoms with E-state index in [0.29, 0.717) is 12.3 Å². The van der Waals surface area contributed by atoms with Crippen molar-refractivity contribution in [2.24, 2.45) is 13.0 Å². The summed E-state index contributed by atoms with van der Waals surface area (Å²) in [6.45, 7) is 2.16. The molecule has 1 aromatic heterocycles. The fraction of sp³-hybridized carbons (Fsp3) is 0.833. The van der Waals surface area contributed by atoms with Crippen molar-refractivity contribution in [2.45, 2.75) is 51.0 Å². The van der Waals surface area contributed by atoms with E-state index < -0.39 is 5.60 Å². The number of aromatic nitrogens is 3. The Morgan fingerprint density at radius 2 is 2.38 bits per heavy atom. The predicted molar refractivity (Wildman–Crippen MR) is 61.9 cm³/mol. The van der Waals surface area contributed by atoms with Crippen LogP contribution in [0.1, 0.15) is 44.7 Å². The molecule has 1 N–H and O–H groups in total. The maximum Gasteiger partial charge on any atom is 0.0855 e. The van der Waals surface area contributed by atoms with E-state index in [1.54, 1.807) is 4.68 Å². The number of rotatable bonds is 3. The molecule has 4 heteroatoms. The Morgan fingerprint density at radius 3 is 3.00 bits per heavy atom. The second-order valence-corrected chi connectivity index (χ2v) is 5.01. The van der Waals surface area contributed by atoms with Crippen LogP contribution in [0.25, 0.3) is 0 Å². The van der Waals surface area contributed by atoms with Gasteiger partial charge in [-0.1, -0.05) is 31.4 Å². The van der Waals surface area contributed by atoms with Crippen LogP contribution in [-0.4, -0.2) is 25.7 Å². The number of hydrogen-bond donors (Lipinski definition) is 1. The van der Waals surface area contributed by atoms with Crippen molar-refractivity contribution in [2.75, 3.05) is 0 Å². The maximum atomic E-state index is 10.7. The third kappa shape index (κ3) is 2.26. The average Bonchev–Trinajstić information content (AvgIpc) is 2.64. The lowest BCUT2D eigenvalue weighted by Crippen LogP contribution is -2.42. The van der Waals surface area contributed by atoms with Gasteiger partial charge in [0.05, 0.1) is 11.3 Å². The molecule has 0 saturated heterocycles. The monoisotopic (exact) mass is 223 g/mol. The minimum atomic E-state index is -0.553. The van der Waals surface area contributed by atoms with Crippen LogP contribution in [0.2, 0.25) is 0 Å². The first-order valence-corrected chi connectivity index (χ1v) is 6.21. The highest BCUT2D eigenvalue weighted by Gasteiger charge is 2.38. The molecule has 1 aliphatic rings. The Morgan fingerprint density at radius 1 is 1.56 bits per heavy atom. The van der Waals surface area contributed by atoms with Crippen molar-refractivity contribution < 1.29 is 5.11 Å². The van der Waals surface area contributed by atoms with Crippen LogP contribution in [0.3, 0.4) is 0 Å². The van der Waals surface area contributed by atoms with Gasteiger partial charge in [0.25, 0.3) is 0 Å². The van der Waals surface area contributed by atoms with E-state index in [0.717, 1.165) is 31.4 Å². The van der Waals surface area contributed by atoms with E-state index in [1.165, 1.54) is 6.42 Å². The summed E-state index contributed by atoms with van der Waals surface area (Å²) in [6, 6.07) is 0. The summed E-state index contributed by atoms with van der Waals surface area (Å²) in [5.41, 5.74) is 0.355. The van der Waals surface area contributed by atoms with Gasteiger partial charge in [-0.25, -0.2) is 0 Å². The lowest BCUT2D eigenvalue weighted by Gasteiger charge is -2.39. The lowest BCUT2D eigenvalue weighted by molar-refractivity contribution is -0.0498. The molecule has 0 bridgehead atoms. The normalized spacial score (nSPS) is 30.6. The molecule has 1 aliphatic carbocycles. The zero-order chi connectivity index (χ0) is 11.6. The zero-order valence-electron chi connectivity index (χ0n) is 10.2. The molecule has 0 radical (unpaired) electrons. The SMILES string of the molecule is CCC1CCCCC1(O)Cc1cn(C)nn1. The van der Waals surface area contributed by atoms with Crippen molar-refractivity contribution in [1.82, 2.24) is 15.0 Å². The van der Waals surface area contributed by atoms with Crippen LogP contribution in [0.5, 0.6) is 0 Å². The Labute approximate surface area is 96.7 Å². The molecular formula is C12H21N3O. The number of nitrogens with zero attached hydrogens (tertiary/aromatic N) is 3. The minimum absolute atomic E-state index is 0.420. The Hall–Kier alpha value is -0.900. The quantitative estimate of drug-likeness (QED) is 0.848. The number of aryl methyl sites for hydroxylation is 1. The molecule has 0 aliphatic heterocycles. The van der Waals surface area contributed by atoms with Gasteiger partial charge in [-0.05, 0) is 18.8 Å². The van der Waals surface area contributed by atoms with Crippen LogP contribution >= 0.6 is 0 Å². The van der Waals surface area contributed by atoms with Crippen molar-refractivity contribution in [3.8, 4) is 0 Å². The van der Waals surface area contributed by atoms with Gasteiger partial charge in [0.15, 0.2) is 0 Å². The van der Waals surface area contributed by atoms with Crippen LogP contribution < -0.4 is 0 Å². The summed E-state index contributed by atoms with van der Waals surface area (Å²) in [7, 11) is 1.86. The molecule has 1 saturated carbocycles. The summed E-state index contributed by atoms with van der Waals surface area (Å²) in [4.78, 5) is 0. The van der Waals surface area contributed by atoms with Crippen LogP contribution in [0.15, 0.2) is 6.20 Å². The van der Waals surface area contributed by atoms with Gasteiger partial charge < -0.3 is 5.11 Å². The van der Waals surface area contributed by atoms with Crippen LogP contribution in [0.4, 0.5) is 0 Å². The fourth-order valence-electron chi connectivity index (χ4n) is 2.90. The molecule has 1 heterocycles. The summed E-state index contributed by atoms with van der Waals surface area (Å²) in [6.07, 6.45) is 8.04. The van der Waals surface area contributed by atoms with Crippen LogP contribution in [0, 0.1) is 5.92 Å². The second-order valence-electron chi connectivity index (χ2n) is 5.01. The highest BCUT2D eigenvalue weighted by molar-refractivity contribution is 5.02. The highest BCUT2D eigenvalue weighted by atomic mass is 16.3. The maximum absolute atomic E-state index is 10.7. The second kappa shape index (κ2) is 4.53. The van der Waals surface area contributed by atoms with E-state index in [4.69, 9.17) is 0 Å². The first kappa shape index (κ1) is 11.6. The topological polar surface area (TPSA) is 50.9 Å². The summed E-state index contributed by atoms with van der Waals surface area (Å²) < 4.78 is 1.70. The largest absolute Gasteiger partial charge is 0.389 e. The molecular weight excluding hydrogens is 202 g/mol. The minimum Gasteiger partial charge on any atom is -0.389 e. The summed E-state index contributed by atoms with van der Waals surface area (Å²) in [5, 5.41) is 18.7. The third-order valence-corrected chi connectivity index (χ3v) is 3.80. The molecule has 4 nitrogen and oxygen atoms in total. The van der Waals surface area contributed by atoms with Crippen molar-refractivity contribution in [3.05, 3.63) is 11.9 Å². The Balaban J connectivity index is 2.10. The smallest absolute Gasteiger partial charge is 0.0855 e. The molecule has 0 aromatic carbocycles. The van der Waals surface area contributed by atoms with Crippen molar-refractivity contribution in [3.63, 3.8) is 0 Å². The summed E-state index contributed by atoms with van der Waals surface area (Å²) >= 11 is 0. The van der Waals surface area contributed by atoms with Gasteiger partial charge in [0.2, 0.25) is 0 Å². The highest BCUT2D eigenvalue weighted by Crippen LogP contribution is 2.37. The molecule has 1 aromatic rings. The molecule has 2 unspecified atom stereocenters. The Kier molecular flexibility index (Phi) is 3.28. The molecule has 90 valence electrons. The summed E-state index contributed by atoms with van der Waals surface area (Å²) in [5.74, 6) is 0.420. The first-order valence-electron chi connectivity index (χ1n) is 6.21. The zero-order valence-corrected chi connectivity index (χ0v) is 10.2. The Bertz CT molecular complexity index is 350. The van der Waals surface area contributed by atoms with Gasteiger partial charge in [-0.2, -0.15) is 0 Å². The van der Waals surface area contributed by atoms with Crippen molar-refractivity contribution in [1.29, 1.82) is 0 Å². The van der Waals surface area contributed by atoms with E-state index in [1.807, 2.05) is 13.2 Å². The predicted octanol–water partition coefficient (Wildman–Crippen LogP) is 1.69. The van der Waals surface area contributed by atoms with Crippen molar-refractivity contribution >= 4 is 0 Å². The van der Waals surface area contributed by atoms with Gasteiger partial charge >= 0.3 is 0 Å². The molecule has 0 amide bonds. The van der Waals surface area contributed by atoms with Gasteiger partial charge in [-0.3, -0.25) is 4.68 Å².